The summed E-state index contributed by atoms with van der Waals surface area (Å²) in [6.07, 6.45) is 0.268. The molecule has 0 saturated carbocycles. The third-order valence-electron chi connectivity index (χ3n) is 2.59. The molecule has 0 saturated heterocycles. The maximum Gasteiger partial charge on any atom is 0.322 e. The summed E-state index contributed by atoms with van der Waals surface area (Å²) in [5, 5.41) is 8.97. The molecule has 0 bridgehead atoms. The van der Waals surface area contributed by atoms with Crippen molar-refractivity contribution in [1.29, 1.82) is 0 Å². The highest BCUT2D eigenvalue weighted by molar-refractivity contribution is 7.90. The van der Waals surface area contributed by atoms with Gasteiger partial charge in [-0.15, -0.1) is 0 Å². The third-order valence-corrected chi connectivity index (χ3v) is 3.79. The van der Waals surface area contributed by atoms with Crippen molar-refractivity contribution in [2.24, 2.45) is 5.41 Å². The van der Waals surface area contributed by atoms with E-state index in [1.165, 1.54) is 6.92 Å². The summed E-state index contributed by atoms with van der Waals surface area (Å²) in [5.74, 6) is -2.76. The van der Waals surface area contributed by atoms with Crippen LogP contribution in [-0.2, 0) is 24.3 Å². The van der Waals surface area contributed by atoms with Crippen LogP contribution in [0, 0.1) is 5.41 Å². The van der Waals surface area contributed by atoms with Gasteiger partial charge in [0.1, 0.15) is 0 Å². The number of ether oxygens (including phenoxy) is 1. The minimum absolute atomic E-state index is 0.0934. The number of esters is 1. The van der Waals surface area contributed by atoms with Crippen molar-refractivity contribution in [2.45, 2.75) is 27.2 Å². The van der Waals surface area contributed by atoms with Gasteiger partial charge in [0.05, 0.1) is 12.0 Å². The molecule has 106 valence electrons. The molecule has 0 aliphatic carbocycles. The van der Waals surface area contributed by atoms with Crippen molar-refractivity contribution in [2.75, 3.05) is 18.9 Å². The third kappa shape index (κ3) is 5.46. The van der Waals surface area contributed by atoms with Crippen molar-refractivity contribution in [3.63, 3.8) is 0 Å². The summed E-state index contributed by atoms with van der Waals surface area (Å²) in [4.78, 5) is 22.0. The first-order chi connectivity index (χ1) is 8.17. The number of aliphatic carboxylic acids is 1. The topological polar surface area (TPSA) is 110 Å². The fourth-order valence-electron chi connectivity index (χ4n) is 1.03. The molecule has 1 unspecified atom stereocenters. The minimum Gasteiger partial charge on any atom is -0.481 e. The van der Waals surface area contributed by atoms with E-state index >= 15 is 0 Å². The van der Waals surface area contributed by atoms with Crippen molar-refractivity contribution in [1.82, 2.24) is 4.72 Å². The SMILES string of the molecule is CCOC(=O)CS(=O)(=O)NCC(C)(CC)C(=O)O. The molecule has 8 heteroatoms. The van der Waals surface area contributed by atoms with Crippen molar-refractivity contribution in [3.8, 4) is 0 Å². The van der Waals surface area contributed by atoms with E-state index in [2.05, 4.69) is 9.46 Å². The van der Waals surface area contributed by atoms with E-state index in [-0.39, 0.29) is 19.6 Å². The average Bonchev–Trinajstić information content (AvgIpc) is 2.25. The van der Waals surface area contributed by atoms with Crippen molar-refractivity contribution >= 4 is 22.0 Å². The summed E-state index contributed by atoms with van der Waals surface area (Å²) in [6.45, 7) is 4.48. The fraction of sp³-hybridized carbons (Fsp3) is 0.800. The van der Waals surface area contributed by atoms with Crippen LogP contribution in [0.2, 0.25) is 0 Å². The Morgan fingerprint density at radius 3 is 2.28 bits per heavy atom. The predicted octanol–water partition coefficient (Wildman–Crippen LogP) is -0.0302. The molecule has 0 radical (unpaired) electrons. The smallest absolute Gasteiger partial charge is 0.322 e. The highest BCUT2D eigenvalue weighted by Crippen LogP contribution is 2.20. The van der Waals surface area contributed by atoms with Crippen LogP contribution in [0.15, 0.2) is 0 Å². The Kier molecular flexibility index (Phi) is 6.27. The van der Waals surface area contributed by atoms with Gasteiger partial charge in [-0.2, -0.15) is 0 Å². The molecule has 0 aromatic carbocycles. The van der Waals surface area contributed by atoms with Gasteiger partial charge in [-0.1, -0.05) is 6.92 Å². The second kappa shape index (κ2) is 6.69. The Bertz CT molecular complexity index is 405. The molecule has 0 amide bonds. The summed E-state index contributed by atoms with van der Waals surface area (Å²) in [6, 6.07) is 0. The van der Waals surface area contributed by atoms with E-state index in [1.54, 1.807) is 13.8 Å². The average molecular weight is 281 g/mol. The number of carbonyl (C=O) groups is 2. The lowest BCUT2D eigenvalue weighted by atomic mass is 9.88. The monoisotopic (exact) mass is 281 g/mol. The van der Waals surface area contributed by atoms with Crippen LogP contribution in [0.3, 0.4) is 0 Å². The molecule has 0 heterocycles. The molecule has 0 aliphatic rings. The fourth-order valence-corrected chi connectivity index (χ4v) is 2.06. The maximum absolute atomic E-state index is 11.5. The maximum atomic E-state index is 11.5. The lowest BCUT2D eigenvalue weighted by Crippen LogP contribution is -2.42. The first-order valence-electron chi connectivity index (χ1n) is 5.53. The van der Waals surface area contributed by atoms with Gasteiger partial charge in [0.15, 0.2) is 5.75 Å². The first kappa shape index (κ1) is 16.9. The van der Waals surface area contributed by atoms with E-state index in [4.69, 9.17) is 5.11 Å². The number of sulfonamides is 1. The Labute approximate surface area is 107 Å². The second-order valence-corrected chi connectivity index (χ2v) is 5.91. The largest absolute Gasteiger partial charge is 0.481 e. The zero-order chi connectivity index (χ0) is 14.4. The van der Waals surface area contributed by atoms with Gasteiger partial charge in [0.25, 0.3) is 0 Å². The molecule has 0 spiro atoms. The molecule has 0 aromatic rings. The summed E-state index contributed by atoms with van der Waals surface area (Å²) in [5.41, 5.74) is -1.19. The Morgan fingerprint density at radius 1 is 1.33 bits per heavy atom. The number of hydrogen-bond acceptors (Lipinski definition) is 5. The number of hydrogen-bond donors (Lipinski definition) is 2. The first-order valence-corrected chi connectivity index (χ1v) is 7.18. The number of nitrogens with one attached hydrogen (secondary N) is 1. The molecule has 0 aromatic heterocycles. The minimum atomic E-state index is -3.87. The lowest BCUT2D eigenvalue weighted by molar-refractivity contribution is -0.147. The standard InChI is InChI=1S/C10H19NO6S/c1-4-10(3,9(13)14)7-11-18(15,16)6-8(12)17-5-2/h11H,4-7H2,1-3H3,(H,13,14). The molecule has 0 aliphatic heterocycles. The summed E-state index contributed by atoms with van der Waals surface area (Å²) >= 11 is 0. The zero-order valence-corrected chi connectivity index (χ0v) is 11.5. The van der Waals surface area contributed by atoms with Crippen LogP contribution in [0.5, 0.6) is 0 Å². The summed E-state index contributed by atoms with van der Waals surface area (Å²) < 4.78 is 29.6. The van der Waals surface area contributed by atoms with E-state index in [0.717, 1.165) is 0 Å². The quantitative estimate of drug-likeness (QED) is 0.605. The molecule has 0 rings (SSSR count). The van der Waals surface area contributed by atoms with Crippen LogP contribution >= 0.6 is 0 Å². The molecular formula is C10H19NO6S. The number of carboxylic acids is 1. The van der Waals surface area contributed by atoms with Gasteiger partial charge < -0.3 is 9.84 Å². The van der Waals surface area contributed by atoms with Gasteiger partial charge in [-0.25, -0.2) is 13.1 Å². The van der Waals surface area contributed by atoms with Gasteiger partial charge in [-0.05, 0) is 20.3 Å². The highest BCUT2D eigenvalue weighted by atomic mass is 32.2. The Hall–Kier alpha value is -1.15. The predicted molar refractivity (Wildman–Crippen MR) is 64.5 cm³/mol. The Morgan fingerprint density at radius 2 is 1.89 bits per heavy atom. The van der Waals surface area contributed by atoms with Gasteiger partial charge >= 0.3 is 11.9 Å². The Balaban J connectivity index is 4.52. The molecule has 0 fully saturated rings. The number of carboxylic acid groups (broad SMARTS) is 1. The normalized spacial score (nSPS) is 14.8. The highest BCUT2D eigenvalue weighted by Gasteiger charge is 2.32. The van der Waals surface area contributed by atoms with Crippen LogP contribution in [0.4, 0.5) is 0 Å². The summed E-state index contributed by atoms with van der Waals surface area (Å²) in [7, 11) is -3.87. The van der Waals surface area contributed by atoms with Crippen LogP contribution in [0.1, 0.15) is 27.2 Å². The second-order valence-electron chi connectivity index (χ2n) is 4.10. The van der Waals surface area contributed by atoms with Gasteiger partial charge in [-0.3, -0.25) is 9.59 Å². The number of carbonyl (C=O) groups excluding carboxylic acids is 1. The lowest BCUT2D eigenvalue weighted by Gasteiger charge is -2.22. The van der Waals surface area contributed by atoms with E-state index < -0.39 is 33.1 Å². The van der Waals surface area contributed by atoms with Crippen molar-refractivity contribution < 1.29 is 27.9 Å². The van der Waals surface area contributed by atoms with Crippen LogP contribution in [0.25, 0.3) is 0 Å². The van der Waals surface area contributed by atoms with Gasteiger partial charge in [0.2, 0.25) is 10.0 Å². The van der Waals surface area contributed by atoms with E-state index in [0.29, 0.717) is 0 Å². The van der Waals surface area contributed by atoms with Gasteiger partial charge in [0, 0.05) is 6.54 Å². The molecule has 2 N–H and O–H groups in total. The van der Waals surface area contributed by atoms with Crippen LogP contribution in [-0.4, -0.2) is 44.4 Å². The van der Waals surface area contributed by atoms with E-state index in [1.807, 2.05) is 0 Å². The molecular weight excluding hydrogens is 262 g/mol. The molecule has 1 atom stereocenters. The van der Waals surface area contributed by atoms with Crippen LogP contribution < -0.4 is 4.72 Å². The zero-order valence-electron chi connectivity index (χ0n) is 10.7. The number of rotatable bonds is 8. The van der Waals surface area contributed by atoms with Crippen molar-refractivity contribution in [3.05, 3.63) is 0 Å². The molecule has 18 heavy (non-hydrogen) atoms. The van der Waals surface area contributed by atoms with E-state index in [9.17, 15) is 18.0 Å². The molecule has 7 nitrogen and oxygen atoms in total.